The van der Waals surface area contributed by atoms with Crippen LogP contribution in [0.15, 0.2) is 115 Å². The number of imide groups is 1. The lowest BCUT2D eigenvalue weighted by Crippen LogP contribution is -2.68. The topological polar surface area (TPSA) is 135 Å². The minimum Gasteiger partial charge on any atom is -0.459 e. The monoisotopic (exact) mass is 703 g/mol. The van der Waals surface area contributed by atoms with Gasteiger partial charge in [0.15, 0.2) is 18.5 Å². The van der Waals surface area contributed by atoms with Gasteiger partial charge in [-0.15, -0.1) is 0 Å². The molecule has 4 aromatic rings. The summed E-state index contributed by atoms with van der Waals surface area (Å²) in [4.78, 5) is 70.0. The van der Waals surface area contributed by atoms with Gasteiger partial charge in [0.1, 0.15) is 18.8 Å². The first kappa shape index (κ1) is 34.8. The Bertz CT molecular complexity index is 1880. The number of amides is 2. The minimum atomic E-state index is -1.52. The van der Waals surface area contributed by atoms with E-state index in [1.165, 1.54) is 0 Å². The highest BCUT2D eigenvalue weighted by molar-refractivity contribution is 6.21. The zero-order valence-corrected chi connectivity index (χ0v) is 28.2. The average molecular weight is 704 g/mol. The van der Waals surface area contributed by atoms with Crippen molar-refractivity contribution in [2.45, 2.75) is 68.9 Å². The van der Waals surface area contributed by atoms with Gasteiger partial charge in [-0.3, -0.25) is 14.5 Å². The Balaban J connectivity index is 1.32. The van der Waals surface area contributed by atoms with Gasteiger partial charge < -0.3 is 23.7 Å². The Morgan fingerprint density at radius 3 is 1.58 bits per heavy atom. The molecule has 1 saturated heterocycles. The Morgan fingerprint density at radius 2 is 1.06 bits per heavy atom. The molecule has 1 aliphatic carbocycles. The maximum atomic E-state index is 14.1. The van der Waals surface area contributed by atoms with E-state index in [1.54, 1.807) is 115 Å². The molecule has 0 N–H and O–H groups in total. The van der Waals surface area contributed by atoms with Crippen molar-refractivity contribution in [1.29, 1.82) is 0 Å². The Morgan fingerprint density at radius 1 is 0.596 bits per heavy atom. The van der Waals surface area contributed by atoms with E-state index in [9.17, 15) is 24.0 Å². The molecule has 1 saturated carbocycles. The van der Waals surface area contributed by atoms with Crippen molar-refractivity contribution in [1.82, 2.24) is 4.90 Å². The van der Waals surface area contributed by atoms with Crippen molar-refractivity contribution >= 4 is 29.7 Å². The molecule has 0 spiro atoms. The van der Waals surface area contributed by atoms with E-state index in [0.717, 1.165) is 24.2 Å². The zero-order valence-electron chi connectivity index (χ0n) is 28.2. The number of hydrogen-bond donors (Lipinski definition) is 0. The second-order valence-corrected chi connectivity index (χ2v) is 12.9. The molecule has 0 aromatic heterocycles. The number of nitrogens with zero attached hydrogens (tertiary/aromatic N) is 1. The molecule has 266 valence electrons. The van der Waals surface area contributed by atoms with Gasteiger partial charge >= 0.3 is 17.9 Å². The van der Waals surface area contributed by atoms with Gasteiger partial charge in [0, 0.05) is 0 Å². The minimum absolute atomic E-state index is 0.161. The maximum Gasteiger partial charge on any atom is 0.338 e. The van der Waals surface area contributed by atoms with Crippen LogP contribution in [-0.2, 0) is 23.7 Å². The average Bonchev–Trinajstić information content (AvgIpc) is 3.44. The molecule has 0 radical (unpaired) electrons. The summed E-state index contributed by atoms with van der Waals surface area (Å²) in [6, 6.07) is 29.6. The summed E-state index contributed by atoms with van der Waals surface area (Å²) in [5.74, 6) is -3.54. The third-order valence-electron chi connectivity index (χ3n) is 9.51. The molecule has 2 heterocycles. The second-order valence-electron chi connectivity index (χ2n) is 12.9. The van der Waals surface area contributed by atoms with Crippen molar-refractivity contribution < 1.29 is 47.7 Å². The van der Waals surface area contributed by atoms with Crippen LogP contribution < -0.4 is 0 Å². The van der Waals surface area contributed by atoms with Gasteiger partial charge in [0.25, 0.3) is 11.8 Å². The first-order valence-corrected chi connectivity index (χ1v) is 17.4. The van der Waals surface area contributed by atoms with Crippen LogP contribution in [0.3, 0.4) is 0 Å². The van der Waals surface area contributed by atoms with E-state index in [1.807, 2.05) is 0 Å². The van der Waals surface area contributed by atoms with E-state index in [4.69, 9.17) is 23.7 Å². The highest BCUT2D eigenvalue weighted by Crippen LogP contribution is 2.37. The van der Waals surface area contributed by atoms with Gasteiger partial charge in [0.05, 0.1) is 33.9 Å². The molecule has 5 atom stereocenters. The molecule has 11 heteroatoms. The first-order valence-electron chi connectivity index (χ1n) is 17.4. The van der Waals surface area contributed by atoms with Crippen LogP contribution in [0.5, 0.6) is 0 Å². The highest BCUT2D eigenvalue weighted by atomic mass is 16.7. The summed E-state index contributed by atoms with van der Waals surface area (Å²) in [5, 5.41) is 0. The Hall–Kier alpha value is -5.65. The summed E-state index contributed by atoms with van der Waals surface area (Å²) in [5.41, 5.74) is 0.971. The van der Waals surface area contributed by atoms with Crippen LogP contribution in [0.25, 0.3) is 0 Å². The number of fused-ring (bicyclic) bond motifs is 1. The largest absolute Gasteiger partial charge is 0.459 e. The lowest BCUT2D eigenvalue weighted by atomic mass is 9.93. The smallest absolute Gasteiger partial charge is 0.338 e. The molecule has 2 fully saturated rings. The number of rotatable bonds is 10. The summed E-state index contributed by atoms with van der Waals surface area (Å²) in [7, 11) is 0. The third kappa shape index (κ3) is 7.37. The molecule has 2 aliphatic heterocycles. The van der Waals surface area contributed by atoms with E-state index < -0.39 is 67.0 Å². The fraction of sp³-hybridized carbons (Fsp3) is 0.293. The van der Waals surface area contributed by atoms with Crippen molar-refractivity contribution in [2.24, 2.45) is 0 Å². The van der Waals surface area contributed by atoms with Crippen LogP contribution in [-0.4, -0.2) is 78.0 Å². The van der Waals surface area contributed by atoms with Gasteiger partial charge in [0.2, 0.25) is 0 Å². The standard InChI is InChI=1S/C41H37NO10/c43-36-30-23-13-14-24-31(30)37(44)42(36)33-35(52-40(47)28-19-9-3-10-20-28)34(51-39(46)27-17-7-2-8-18-27)32(25-48-38(45)26-15-5-1-6-16-26)50-41(33)49-29-21-11-4-12-22-29/h1-3,5-10,13-20,23-24,29,32-35,41H,4,11-12,21-22,25H2/t32-,33-,34-,35-,41-/m1/s1. The lowest BCUT2D eigenvalue weighted by Gasteiger charge is -2.48. The summed E-state index contributed by atoms with van der Waals surface area (Å²) < 4.78 is 31.2. The van der Waals surface area contributed by atoms with E-state index >= 15 is 0 Å². The van der Waals surface area contributed by atoms with Crippen LogP contribution in [0.2, 0.25) is 0 Å². The number of esters is 3. The molecule has 11 nitrogen and oxygen atoms in total. The van der Waals surface area contributed by atoms with Gasteiger partial charge in [-0.25, -0.2) is 14.4 Å². The Labute approximate surface area is 300 Å². The maximum absolute atomic E-state index is 14.1. The van der Waals surface area contributed by atoms with Gasteiger partial charge in [-0.05, 0) is 61.4 Å². The van der Waals surface area contributed by atoms with Crippen molar-refractivity contribution in [3.05, 3.63) is 143 Å². The number of carbonyl (C=O) groups is 5. The molecule has 4 aromatic carbocycles. The normalized spacial score (nSPS) is 23.1. The predicted octanol–water partition coefficient (Wildman–Crippen LogP) is 6.03. The summed E-state index contributed by atoms with van der Waals surface area (Å²) >= 11 is 0. The van der Waals surface area contributed by atoms with Crippen LogP contribution in [0.4, 0.5) is 0 Å². The second kappa shape index (κ2) is 15.7. The molecule has 2 amide bonds. The molecular weight excluding hydrogens is 666 g/mol. The SMILES string of the molecule is O=C(OC[C@H]1O[C@@H](OC2CCCCC2)[C@H](N2C(=O)c3ccccc3C2=O)[C@@H](OC(=O)c2ccccc2)[C@@H]1OC(=O)c1ccccc1)c1ccccc1. The fourth-order valence-corrected chi connectivity index (χ4v) is 6.90. The summed E-state index contributed by atoms with van der Waals surface area (Å²) in [6.45, 7) is -0.445. The lowest BCUT2D eigenvalue weighted by molar-refractivity contribution is -0.291. The first-order chi connectivity index (χ1) is 25.4. The van der Waals surface area contributed by atoms with Crippen molar-refractivity contribution in [2.75, 3.05) is 6.61 Å². The molecular formula is C41H37NO10. The fourth-order valence-electron chi connectivity index (χ4n) is 6.90. The Kier molecular flexibility index (Phi) is 10.5. The number of carbonyl (C=O) groups excluding carboxylic acids is 5. The van der Waals surface area contributed by atoms with Gasteiger partial charge in [-0.2, -0.15) is 0 Å². The van der Waals surface area contributed by atoms with Crippen LogP contribution in [0, 0.1) is 0 Å². The van der Waals surface area contributed by atoms with Gasteiger partial charge in [-0.1, -0.05) is 86.0 Å². The molecule has 52 heavy (non-hydrogen) atoms. The number of hydrogen-bond acceptors (Lipinski definition) is 10. The van der Waals surface area contributed by atoms with E-state index in [2.05, 4.69) is 0 Å². The quantitative estimate of drug-likeness (QED) is 0.109. The molecule has 7 rings (SSSR count). The number of ether oxygens (including phenoxy) is 5. The van der Waals surface area contributed by atoms with Crippen LogP contribution in [0.1, 0.15) is 83.9 Å². The highest BCUT2D eigenvalue weighted by Gasteiger charge is 2.58. The van der Waals surface area contributed by atoms with Crippen molar-refractivity contribution in [3.63, 3.8) is 0 Å². The van der Waals surface area contributed by atoms with Crippen molar-refractivity contribution in [3.8, 4) is 0 Å². The van der Waals surface area contributed by atoms with E-state index in [-0.39, 0.29) is 33.9 Å². The molecule has 0 unspecified atom stereocenters. The molecule has 0 bridgehead atoms. The zero-order chi connectivity index (χ0) is 36.0. The van der Waals surface area contributed by atoms with Crippen LogP contribution >= 0.6 is 0 Å². The van der Waals surface area contributed by atoms with E-state index in [0.29, 0.717) is 12.8 Å². The number of benzene rings is 4. The molecule has 3 aliphatic rings. The predicted molar refractivity (Wildman–Crippen MR) is 185 cm³/mol. The summed E-state index contributed by atoms with van der Waals surface area (Å²) in [6.07, 6.45) is -1.70. The third-order valence-corrected chi connectivity index (χ3v) is 9.51.